The molecule has 25 heavy (non-hydrogen) atoms. The first-order valence-electron chi connectivity index (χ1n) is 7.29. The monoisotopic (exact) mass is 400 g/mol. The Bertz CT molecular complexity index is 1060. The number of aryl methyl sites for hydroxylation is 1. The Balaban J connectivity index is 1.92. The maximum absolute atomic E-state index is 12.0. The Kier molecular flexibility index (Phi) is 4.62. The van der Waals surface area contributed by atoms with E-state index in [1.807, 2.05) is 24.3 Å². The number of hydrazone groups is 1. The highest BCUT2D eigenvalue weighted by Gasteiger charge is 2.11. The number of nitro groups is 1. The van der Waals surface area contributed by atoms with E-state index in [0.29, 0.717) is 15.7 Å². The third-order valence-corrected chi connectivity index (χ3v) is 4.39. The van der Waals surface area contributed by atoms with Crippen LogP contribution in [-0.4, -0.2) is 15.7 Å². The SMILES string of the molecule is Cn1c(=O)cc(N/N=C/c2ccc(Br)c([N+](=O)[O-])c2)c2ccccc21. The van der Waals surface area contributed by atoms with Gasteiger partial charge in [0.15, 0.2) is 0 Å². The second-order valence-corrected chi connectivity index (χ2v) is 6.16. The molecule has 0 atom stereocenters. The standard InChI is InChI=1S/C17H13BrN4O3/c1-21-15-5-3-2-4-12(15)14(9-17(21)23)20-19-10-11-6-7-13(18)16(8-11)22(24)25/h2-10,20H,1H3/b19-10+. The zero-order chi connectivity index (χ0) is 18.0. The van der Waals surface area contributed by atoms with Gasteiger partial charge in [0.25, 0.3) is 11.2 Å². The molecular formula is C17H13BrN4O3. The summed E-state index contributed by atoms with van der Waals surface area (Å²) >= 11 is 3.14. The van der Waals surface area contributed by atoms with Gasteiger partial charge in [-0.15, -0.1) is 0 Å². The molecule has 3 rings (SSSR count). The molecule has 2 aromatic carbocycles. The minimum Gasteiger partial charge on any atom is -0.311 e. The number of pyridine rings is 1. The molecule has 0 amide bonds. The molecule has 7 nitrogen and oxygen atoms in total. The van der Waals surface area contributed by atoms with Gasteiger partial charge >= 0.3 is 0 Å². The van der Waals surface area contributed by atoms with E-state index in [1.54, 1.807) is 23.7 Å². The van der Waals surface area contributed by atoms with Gasteiger partial charge in [-0.25, -0.2) is 0 Å². The van der Waals surface area contributed by atoms with Crippen LogP contribution in [0, 0.1) is 10.1 Å². The molecule has 0 aliphatic heterocycles. The van der Waals surface area contributed by atoms with Crippen LogP contribution in [0.2, 0.25) is 0 Å². The van der Waals surface area contributed by atoms with Gasteiger partial charge in [0.05, 0.1) is 26.8 Å². The number of nitro benzene ring substituents is 1. The van der Waals surface area contributed by atoms with E-state index in [-0.39, 0.29) is 11.2 Å². The fourth-order valence-electron chi connectivity index (χ4n) is 2.43. The molecule has 0 bridgehead atoms. The normalized spacial score (nSPS) is 11.1. The van der Waals surface area contributed by atoms with Crippen LogP contribution in [0.15, 0.2) is 62.9 Å². The highest BCUT2D eigenvalue weighted by atomic mass is 79.9. The van der Waals surface area contributed by atoms with Gasteiger partial charge in [0, 0.05) is 30.1 Å². The molecule has 126 valence electrons. The van der Waals surface area contributed by atoms with Crippen molar-refractivity contribution in [1.82, 2.24) is 4.57 Å². The van der Waals surface area contributed by atoms with Crippen molar-refractivity contribution in [2.75, 3.05) is 5.43 Å². The molecule has 0 spiro atoms. The molecule has 0 aliphatic carbocycles. The fourth-order valence-corrected chi connectivity index (χ4v) is 2.82. The van der Waals surface area contributed by atoms with Crippen LogP contribution in [0.4, 0.5) is 11.4 Å². The smallest absolute Gasteiger partial charge is 0.284 e. The van der Waals surface area contributed by atoms with Crippen molar-refractivity contribution in [3.63, 3.8) is 0 Å². The zero-order valence-electron chi connectivity index (χ0n) is 13.1. The van der Waals surface area contributed by atoms with Gasteiger partial charge in [-0.1, -0.05) is 24.3 Å². The third kappa shape index (κ3) is 3.43. The first-order valence-corrected chi connectivity index (χ1v) is 8.08. The Morgan fingerprint density at radius 3 is 2.76 bits per heavy atom. The number of benzene rings is 2. The first kappa shape index (κ1) is 16.8. The lowest BCUT2D eigenvalue weighted by molar-refractivity contribution is -0.385. The van der Waals surface area contributed by atoms with Crippen LogP contribution < -0.4 is 11.0 Å². The van der Waals surface area contributed by atoms with Crippen LogP contribution in [0.3, 0.4) is 0 Å². The quantitative estimate of drug-likeness (QED) is 0.411. The highest BCUT2D eigenvalue weighted by Crippen LogP contribution is 2.25. The summed E-state index contributed by atoms with van der Waals surface area (Å²) < 4.78 is 1.96. The lowest BCUT2D eigenvalue weighted by Crippen LogP contribution is -2.16. The van der Waals surface area contributed by atoms with Crippen molar-refractivity contribution < 1.29 is 4.92 Å². The third-order valence-electron chi connectivity index (χ3n) is 3.72. The number of nitrogens with zero attached hydrogens (tertiary/aromatic N) is 3. The molecule has 0 saturated carbocycles. The van der Waals surface area contributed by atoms with Crippen LogP contribution in [0.1, 0.15) is 5.56 Å². The van der Waals surface area contributed by atoms with Crippen molar-refractivity contribution >= 4 is 44.4 Å². The van der Waals surface area contributed by atoms with Crippen LogP contribution in [-0.2, 0) is 7.05 Å². The maximum atomic E-state index is 12.0. The van der Waals surface area contributed by atoms with Gasteiger partial charge < -0.3 is 4.57 Å². The van der Waals surface area contributed by atoms with Gasteiger partial charge in [-0.3, -0.25) is 20.3 Å². The predicted molar refractivity (Wildman–Crippen MR) is 101 cm³/mol. The van der Waals surface area contributed by atoms with E-state index in [4.69, 9.17) is 0 Å². The molecule has 1 aromatic heterocycles. The molecule has 3 aromatic rings. The van der Waals surface area contributed by atoms with E-state index in [2.05, 4.69) is 26.5 Å². The van der Waals surface area contributed by atoms with Crippen molar-refractivity contribution in [1.29, 1.82) is 0 Å². The number of rotatable bonds is 4. The summed E-state index contributed by atoms with van der Waals surface area (Å²) in [7, 11) is 1.71. The molecule has 0 aliphatic rings. The molecule has 0 radical (unpaired) electrons. The average Bonchev–Trinajstić information content (AvgIpc) is 2.60. The second-order valence-electron chi connectivity index (χ2n) is 5.31. The van der Waals surface area contributed by atoms with E-state index >= 15 is 0 Å². The maximum Gasteiger partial charge on any atom is 0.284 e. The summed E-state index contributed by atoms with van der Waals surface area (Å²) in [4.78, 5) is 22.5. The Labute approximate surface area is 150 Å². The van der Waals surface area contributed by atoms with Gasteiger partial charge in [-0.05, 0) is 28.1 Å². The summed E-state index contributed by atoms with van der Waals surface area (Å²) in [6.07, 6.45) is 1.46. The molecule has 1 heterocycles. The molecule has 1 N–H and O–H groups in total. The lowest BCUT2D eigenvalue weighted by atomic mass is 10.2. The molecular weight excluding hydrogens is 388 g/mol. The summed E-state index contributed by atoms with van der Waals surface area (Å²) in [6, 6.07) is 13.6. The summed E-state index contributed by atoms with van der Waals surface area (Å²) in [6.45, 7) is 0. The highest BCUT2D eigenvalue weighted by molar-refractivity contribution is 9.10. The Morgan fingerprint density at radius 1 is 1.24 bits per heavy atom. The Morgan fingerprint density at radius 2 is 2.00 bits per heavy atom. The number of halogens is 1. The summed E-state index contributed by atoms with van der Waals surface area (Å²) in [5.41, 5.74) is 4.57. The summed E-state index contributed by atoms with van der Waals surface area (Å²) in [5, 5.41) is 15.9. The Hall–Kier alpha value is -3.00. The van der Waals surface area contributed by atoms with Crippen molar-refractivity contribution in [2.45, 2.75) is 0 Å². The number of hydrogen-bond donors (Lipinski definition) is 1. The van der Waals surface area contributed by atoms with Gasteiger partial charge in [-0.2, -0.15) is 5.10 Å². The van der Waals surface area contributed by atoms with Crippen LogP contribution >= 0.6 is 15.9 Å². The van der Waals surface area contributed by atoms with E-state index in [9.17, 15) is 14.9 Å². The van der Waals surface area contributed by atoms with E-state index in [1.165, 1.54) is 18.3 Å². The minimum absolute atomic E-state index is 0.0389. The lowest BCUT2D eigenvalue weighted by Gasteiger charge is -2.09. The van der Waals surface area contributed by atoms with Crippen molar-refractivity contribution in [3.05, 3.63) is 79.0 Å². The predicted octanol–water partition coefficient (Wildman–Crippen LogP) is 3.66. The number of fused-ring (bicyclic) bond motifs is 1. The van der Waals surface area contributed by atoms with Gasteiger partial charge in [0.2, 0.25) is 0 Å². The molecule has 0 saturated heterocycles. The van der Waals surface area contributed by atoms with Crippen molar-refractivity contribution in [2.24, 2.45) is 12.1 Å². The van der Waals surface area contributed by atoms with Crippen molar-refractivity contribution in [3.8, 4) is 0 Å². The van der Waals surface area contributed by atoms with E-state index in [0.717, 1.165) is 10.9 Å². The van der Waals surface area contributed by atoms with E-state index < -0.39 is 4.92 Å². The average molecular weight is 401 g/mol. The largest absolute Gasteiger partial charge is 0.311 e. The topological polar surface area (TPSA) is 89.5 Å². The molecule has 8 heteroatoms. The zero-order valence-corrected chi connectivity index (χ0v) is 14.7. The molecule has 0 fully saturated rings. The van der Waals surface area contributed by atoms with Crippen LogP contribution in [0.5, 0.6) is 0 Å². The van der Waals surface area contributed by atoms with Gasteiger partial charge in [0.1, 0.15) is 0 Å². The summed E-state index contributed by atoms with van der Waals surface area (Å²) in [5.74, 6) is 0. The second kappa shape index (κ2) is 6.86. The first-order chi connectivity index (χ1) is 12.0. The van der Waals surface area contributed by atoms with Crippen LogP contribution in [0.25, 0.3) is 10.9 Å². The number of para-hydroxylation sites is 1. The minimum atomic E-state index is -0.469. The number of hydrogen-bond acceptors (Lipinski definition) is 5. The number of nitrogens with one attached hydrogen (secondary N) is 1. The number of aromatic nitrogens is 1. The molecule has 0 unspecified atom stereocenters. The number of anilines is 1. The fraction of sp³-hybridized carbons (Fsp3) is 0.0588.